The van der Waals surface area contributed by atoms with E-state index in [1.807, 2.05) is 24.8 Å². The second kappa shape index (κ2) is 10.8. The Hall–Kier alpha value is -2.99. The molecule has 8 nitrogen and oxygen atoms in total. The van der Waals surface area contributed by atoms with Gasteiger partial charge in [-0.2, -0.15) is 4.98 Å². The van der Waals surface area contributed by atoms with E-state index < -0.39 is 39.1 Å². The molecule has 1 aromatic carbocycles. The van der Waals surface area contributed by atoms with Crippen molar-refractivity contribution in [1.29, 1.82) is 0 Å². The normalized spacial score (nSPS) is 19.5. The van der Waals surface area contributed by atoms with Crippen LogP contribution in [0.2, 0.25) is 0 Å². The molecule has 12 heteroatoms. The number of sulfone groups is 1. The summed E-state index contributed by atoms with van der Waals surface area (Å²) in [6, 6.07) is 5.40. The fourth-order valence-corrected chi connectivity index (χ4v) is 7.06. The largest absolute Gasteiger partial charge is 0.481 e. The number of fused-ring (bicyclic) bond motifs is 1. The Morgan fingerprint density at radius 1 is 1.12 bits per heavy atom. The second-order valence-corrected chi connectivity index (χ2v) is 13.4. The first kappa shape index (κ1) is 28.5. The molecule has 1 N–H and O–H groups in total. The molecular weight excluding hydrogens is 543 g/mol. The van der Waals surface area contributed by atoms with Crippen molar-refractivity contribution in [3.05, 3.63) is 53.1 Å². The minimum Gasteiger partial charge on any atom is -0.481 e. The van der Waals surface area contributed by atoms with Gasteiger partial charge in [0.25, 0.3) is 5.92 Å². The summed E-state index contributed by atoms with van der Waals surface area (Å²) in [7, 11) is -1.56. The number of nitrogens with zero attached hydrogens (tertiary/aromatic N) is 4. The van der Waals surface area contributed by atoms with Crippen molar-refractivity contribution in [2.45, 2.75) is 57.5 Å². The van der Waals surface area contributed by atoms with Crippen LogP contribution in [0.25, 0.3) is 11.0 Å². The summed E-state index contributed by atoms with van der Waals surface area (Å²) in [5.41, 5.74) is 0.594. The van der Waals surface area contributed by atoms with E-state index in [1.165, 1.54) is 25.6 Å². The van der Waals surface area contributed by atoms with Crippen molar-refractivity contribution in [3.8, 4) is 5.88 Å². The molecule has 40 heavy (non-hydrogen) atoms. The minimum absolute atomic E-state index is 0.0738. The number of ether oxygens (including phenoxy) is 1. The summed E-state index contributed by atoms with van der Waals surface area (Å²) < 4.78 is 75.8. The van der Waals surface area contributed by atoms with Gasteiger partial charge in [0, 0.05) is 30.3 Å². The first-order valence-electron chi connectivity index (χ1n) is 13.5. The van der Waals surface area contributed by atoms with E-state index in [0.29, 0.717) is 35.6 Å². The van der Waals surface area contributed by atoms with Crippen LogP contribution in [0, 0.1) is 11.7 Å². The maximum Gasteiger partial charge on any atom is 0.281 e. The number of aromatic nitrogens is 3. The number of pyridine rings is 1. The molecule has 2 fully saturated rings. The number of halogens is 3. The number of alkyl halides is 2. The van der Waals surface area contributed by atoms with Gasteiger partial charge in [-0.15, -0.1) is 0 Å². The summed E-state index contributed by atoms with van der Waals surface area (Å²) >= 11 is 0. The van der Waals surface area contributed by atoms with Crippen LogP contribution in [0.15, 0.2) is 30.6 Å². The lowest BCUT2D eigenvalue weighted by Gasteiger charge is -2.45. The molecular formula is C28H34F3N5O3S. The van der Waals surface area contributed by atoms with E-state index in [0.717, 1.165) is 11.6 Å². The highest BCUT2D eigenvalue weighted by Gasteiger charge is 2.50. The van der Waals surface area contributed by atoms with Gasteiger partial charge in [-0.25, -0.2) is 31.6 Å². The molecule has 3 aromatic rings. The molecule has 216 valence electrons. The van der Waals surface area contributed by atoms with Gasteiger partial charge in [0.2, 0.25) is 5.88 Å². The first-order chi connectivity index (χ1) is 18.9. The number of nitrogens with one attached hydrogen (secondary N) is 1. The maximum absolute atomic E-state index is 15.6. The third kappa shape index (κ3) is 5.35. The molecule has 0 aliphatic carbocycles. The Kier molecular flexibility index (Phi) is 7.68. The fraction of sp³-hybridized carbons (Fsp3) is 0.536. The van der Waals surface area contributed by atoms with Crippen molar-refractivity contribution in [3.63, 3.8) is 0 Å². The van der Waals surface area contributed by atoms with Crippen LogP contribution in [0.4, 0.5) is 19.0 Å². The van der Waals surface area contributed by atoms with Crippen molar-refractivity contribution in [1.82, 2.24) is 19.9 Å². The highest BCUT2D eigenvalue weighted by Crippen LogP contribution is 2.44. The SMILES string of the molecule is COc1nc2ncnc(N[C@H](C)c3cccc(C(F)(F)C4CN(C(C)C)C4)c3F)c2cc1C1CCS(=O)(=O)CC1. The summed E-state index contributed by atoms with van der Waals surface area (Å²) in [6.45, 7) is 6.03. The predicted octanol–water partition coefficient (Wildman–Crippen LogP) is 5.07. The predicted molar refractivity (Wildman–Crippen MR) is 147 cm³/mol. The van der Waals surface area contributed by atoms with Gasteiger partial charge < -0.3 is 10.1 Å². The molecule has 2 aliphatic rings. The van der Waals surface area contributed by atoms with Gasteiger partial charge in [0.15, 0.2) is 5.65 Å². The third-order valence-corrected chi connectivity index (χ3v) is 9.88. The topological polar surface area (TPSA) is 97.3 Å². The van der Waals surface area contributed by atoms with E-state index in [9.17, 15) is 8.42 Å². The average Bonchev–Trinajstić information content (AvgIpc) is 2.87. The van der Waals surface area contributed by atoms with Crippen LogP contribution in [0.5, 0.6) is 5.88 Å². The Bertz CT molecular complexity index is 1500. The van der Waals surface area contributed by atoms with E-state index in [2.05, 4.69) is 20.3 Å². The Morgan fingerprint density at radius 3 is 2.48 bits per heavy atom. The van der Waals surface area contributed by atoms with Gasteiger partial charge in [-0.3, -0.25) is 4.90 Å². The molecule has 2 aromatic heterocycles. The van der Waals surface area contributed by atoms with Crippen LogP contribution in [0.3, 0.4) is 0 Å². The van der Waals surface area contributed by atoms with Crippen LogP contribution in [-0.2, 0) is 15.8 Å². The van der Waals surface area contributed by atoms with Gasteiger partial charge in [0.1, 0.15) is 27.8 Å². The van der Waals surface area contributed by atoms with Crippen LogP contribution < -0.4 is 10.1 Å². The lowest BCUT2D eigenvalue weighted by atomic mass is 9.86. The summed E-state index contributed by atoms with van der Waals surface area (Å²) in [5, 5.41) is 3.70. The number of hydrogen-bond acceptors (Lipinski definition) is 8. The Morgan fingerprint density at radius 2 is 1.82 bits per heavy atom. The number of benzene rings is 1. The van der Waals surface area contributed by atoms with Crippen LogP contribution >= 0.6 is 0 Å². The number of hydrogen-bond donors (Lipinski definition) is 1. The Labute approximate surface area is 232 Å². The molecule has 0 amide bonds. The summed E-state index contributed by atoms with van der Waals surface area (Å²) in [5.74, 6) is -4.35. The van der Waals surface area contributed by atoms with Crippen molar-refractivity contribution >= 4 is 26.7 Å². The van der Waals surface area contributed by atoms with E-state index in [1.54, 1.807) is 6.92 Å². The Balaban J connectivity index is 1.43. The van der Waals surface area contributed by atoms with Gasteiger partial charge in [-0.1, -0.05) is 18.2 Å². The molecule has 2 aliphatic heterocycles. The smallest absolute Gasteiger partial charge is 0.281 e. The van der Waals surface area contributed by atoms with Crippen LogP contribution in [-0.4, -0.2) is 66.0 Å². The number of anilines is 1. The minimum atomic E-state index is -3.30. The monoisotopic (exact) mass is 577 g/mol. The van der Waals surface area contributed by atoms with Crippen molar-refractivity contribution in [2.75, 3.05) is 37.0 Å². The molecule has 0 radical (unpaired) electrons. The number of rotatable bonds is 8. The zero-order valence-electron chi connectivity index (χ0n) is 23.0. The third-order valence-electron chi connectivity index (χ3n) is 8.17. The number of methoxy groups -OCH3 is 1. The molecule has 1 atom stereocenters. The zero-order chi connectivity index (χ0) is 28.8. The van der Waals surface area contributed by atoms with E-state index in [4.69, 9.17) is 4.74 Å². The molecule has 0 unspecified atom stereocenters. The molecule has 0 saturated carbocycles. The van der Waals surface area contributed by atoms with E-state index >= 15 is 13.2 Å². The lowest BCUT2D eigenvalue weighted by Crippen LogP contribution is -2.56. The first-order valence-corrected chi connectivity index (χ1v) is 15.3. The highest BCUT2D eigenvalue weighted by molar-refractivity contribution is 7.91. The van der Waals surface area contributed by atoms with Gasteiger partial charge in [-0.05, 0) is 45.6 Å². The molecule has 0 spiro atoms. The molecule has 2 saturated heterocycles. The van der Waals surface area contributed by atoms with Crippen LogP contribution in [0.1, 0.15) is 62.3 Å². The van der Waals surface area contributed by atoms with Crippen molar-refractivity contribution < 1.29 is 26.3 Å². The standard InChI is InChI=1S/C28H34F3N5O3S/c1-16(2)36-13-19(14-36)28(30,31)23-7-5-6-20(24(23)29)17(3)34-25-22-12-21(18-8-10-40(37,38)11-9-18)27(39-4)35-26(22)33-15-32-25/h5-7,12,15-19H,8-11,13-14H2,1-4H3,(H,32,33,34,35)/t17-/m1/s1. The van der Waals surface area contributed by atoms with Gasteiger partial charge >= 0.3 is 0 Å². The average molecular weight is 578 g/mol. The lowest BCUT2D eigenvalue weighted by molar-refractivity contribution is -0.132. The maximum atomic E-state index is 15.6. The highest BCUT2D eigenvalue weighted by atomic mass is 32.2. The number of likely N-dealkylation sites (tertiary alicyclic amines) is 1. The quantitative estimate of drug-likeness (QED) is 0.397. The summed E-state index contributed by atoms with van der Waals surface area (Å²) in [4.78, 5) is 15.0. The molecule has 4 heterocycles. The zero-order valence-corrected chi connectivity index (χ0v) is 23.8. The molecule has 0 bridgehead atoms. The second-order valence-electron chi connectivity index (χ2n) is 11.0. The summed E-state index contributed by atoms with van der Waals surface area (Å²) in [6.07, 6.45) is 2.20. The fourth-order valence-electron chi connectivity index (χ4n) is 5.57. The van der Waals surface area contributed by atoms with Gasteiger partial charge in [0.05, 0.1) is 41.5 Å². The molecule has 5 rings (SSSR count). The van der Waals surface area contributed by atoms with Crippen molar-refractivity contribution in [2.24, 2.45) is 5.92 Å². The van der Waals surface area contributed by atoms with E-state index in [-0.39, 0.29) is 42.1 Å².